The molecule has 3 aromatic rings. The Bertz CT molecular complexity index is 1070. The minimum absolute atomic E-state index is 0.0879. The third-order valence-electron chi connectivity index (χ3n) is 4.80. The van der Waals surface area contributed by atoms with E-state index in [1.807, 2.05) is 24.3 Å². The number of hydrogen-bond acceptors (Lipinski definition) is 3. The van der Waals surface area contributed by atoms with Crippen molar-refractivity contribution < 1.29 is 9.18 Å². The lowest BCUT2D eigenvalue weighted by molar-refractivity contribution is -0.131. The molecule has 5 nitrogen and oxygen atoms in total. The van der Waals surface area contributed by atoms with Crippen molar-refractivity contribution in [1.29, 1.82) is 0 Å². The molecular formula is C20H17ClFN3O2. The van der Waals surface area contributed by atoms with Crippen LogP contribution in [0.3, 0.4) is 0 Å². The van der Waals surface area contributed by atoms with E-state index in [0.717, 1.165) is 11.1 Å². The molecular weight excluding hydrogens is 369 g/mol. The first-order chi connectivity index (χ1) is 13.0. The number of halogens is 2. The molecule has 138 valence electrons. The molecule has 0 radical (unpaired) electrons. The molecule has 0 N–H and O–H groups in total. The highest BCUT2D eigenvalue weighted by atomic mass is 35.5. The smallest absolute Gasteiger partial charge is 0.262 e. The molecule has 1 saturated heterocycles. The molecule has 4 rings (SSSR count). The standard InChI is InChI=1S/C20H17ClFN3O2/c21-14-6-4-13(5-7-14)16-2-1-3-17-19(16)20(27)25(12-23-17)11-18(26)24-9-8-15(22)10-24/h1-7,12,15H,8-11H2. The Morgan fingerprint density at radius 3 is 2.70 bits per heavy atom. The van der Waals surface area contributed by atoms with Crippen LogP contribution in [0, 0.1) is 0 Å². The highest BCUT2D eigenvalue weighted by Crippen LogP contribution is 2.26. The first-order valence-corrected chi connectivity index (χ1v) is 9.06. The summed E-state index contributed by atoms with van der Waals surface area (Å²) in [4.78, 5) is 31.2. The van der Waals surface area contributed by atoms with Crippen LogP contribution < -0.4 is 5.56 Å². The molecule has 1 aliphatic rings. The Labute approximate surface area is 160 Å². The van der Waals surface area contributed by atoms with E-state index < -0.39 is 6.17 Å². The number of aromatic nitrogens is 2. The summed E-state index contributed by atoms with van der Waals surface area (Å²) in [5, 5.41) is 1.05. The summed E-state index contributed by atoms with van der Waals surface area (Å²) in [6.45, 7) is 0.319. The number of rotatable bonds is 3. The lowest BCUT2D eigenvalue weighted by atomic mass is 10.0. The van der Waals surface area contributed by atoms with Gasteiger partial charge in [0.25, 0.3) is 5.56 Å². The Morgan fingerprint density at radius 1 is 1.22 bits per heavy atom. The van der Waals surface area contributed by atoms with Crippen LogP contribution in [0.1, 0.15) is 6.42 Å². The molecule has 1 unspecified atom stereocenters. The fraction of sp³-hybridized carbons (Fsp3) is 0.250. The predicted octanol–water partition coefficient (Wildman–Crippen LogP) is 3.29. The number of likely N-dealkylation sites (tertiary alicyclic amines) is 1. The van der Waals surface area contributed by atoms with Gasteiger partial charge in [0.1, 0.15) is 12.7 Å². The summed E-state index contributed by atoms with van der Waals surface area (Å²) in [7, 11) is 0. The van der Waals surface area contributed by atoms with E-state index in [1.54, 1.807) is 18.2 Å². The van der Waals surface area contributed by atoms with Crippen LogP contribution in [-0.4, -0.2) is 39.6 Å². The number of carbonyl (C=O) groups excluding carboxylic acids is 1. The van der Waals surface area contributed by atoms with Crippen molar-refractivity contribution in [1.82, 2.24) is 14.5 Å². The fourth-order valence-electron chi connectivity index (χ4n) is 3.37. The van der Waals surface area contributed by atoms with Crippen molar-refractivity contribution >= 4 is 28.4 Å². The normalized spacial score (nSPS) is 16.8. The molecule has 2 heterocycles. The van der Waals surface area contributed by atoms with Gasteiger partial charge in [-0.2, -0.15) is 0 Å². The van der Waals surface area contributed by atoms with Gasteiger partial charge in [-0.3, -0.25) is 14.2 Å². The lowest BCUT2D eigenvalue weighted by Crippen LogP contribution is -2.35. The molecule has 1 aromatic heterocycles. The summed E-state index contributed by atoms with van der Waals surface area (Å²) in [6.07, 6.45) is 0.728. The van der Waals surface area contributed by atoms with Crippen LogP contribution >= 0.6 is 11.6 Å². The molecule has 1 aliphatic heterocycles. The van der Waals surface area contributed by atoms with Gasteiger partial charge in [-0.05, 0) is 35.7 Å². The SMILES string of the molecule is O=C(Cn1cnc2cccc(-c3ccc(Cl)cc3)c2c1=O)N1CCC(F)C1. The highest BCUT2D eigenvalue weighted by Gasteiger charge is 2.26. The molecule has 1 fully saturated rings. The van der Waals surface area contributed by atoms with Crippen molar-refractivity contribution in [3.8, 4) is 11.1 Å². The second-order valence-corrected chi connectivity index (χ2v) is 7.05. The molecule has 27 heavy (non-hydrogen) atoms. The second kappa shape index (κ2) is 7.12. The maximum Gasteiger partial charge on any atom is 0.262 e. The van der Waals surface area contributed by atoms with Gasteiger partial charge in [0.15, 0.2) is 0 Å². The molecule has 0 aliphatic carbocycles. The fourth-order valence-corrected chi connectivity index (χ4v) is 3.50. The van der Waals surface area contributed by atoms with Crippen molar-refractivity contribution in [2.24, 2.45) is 0 Å². The minimum Gasteiger partial charge on any atom is -0.338 e. The van der Waals surface area contributed by atoms with Gasteiger partial charge in [-0.15, -0.1) is 0 Å². The molecule has 1 atom stereocenters. The van der Waals surface area contributed by atoms with Gasteiger partial charge in [0.2, 0.25) is 5.91 Å². The lowest BCUT2D eigenvalue weighted by Gasteiger charge is -2.16. The molecule has 0 saturated carbocycles. The number of fused-ring (bicyclic) bond motifs is 1. The van der Waals surface area contributed by atoms with E-state index in [2.05, 4.69) is 4.98 Å². The second-order valence-electron chi connectivity index (χ2n) is 6.61. The van der Waals surface area contributed by atoms with E-state index in [9.17, 15) is 14.0 Å². The number of amides is 1. The summed E-state index contributed by atoms with van der Waals surface area (Å²) in [6, 6.07) is 12.6. The van der Waals surface area contributed by atoms with Crippen molar-refractivity contribution in [2.45, 2.75) is 19.1 Å². The van der Waals surface area contributed by atoms with E-state index in [4.69, 9.17) is 11.6 Å². The zero-order chi connectivity index (χ0) is 19.0. The van der Waals surface area contributed by atoms with Crippen LogP contribution in [0.25, 0.3) is 22.0 Å². The molecule has 0 spiro atoms. The van der Waals surface area contributed by atoms with Crippen LogP contribution in [-0.2, 0) is 11.3 Å². The maximum atomic E-state index is 13.3. The third kappa shape index (κ3) is 3.45. The average molecular weight is 386 g/mol. The number of alkyl halides is 1. The average Bonchev–Trinajstić information content (AvgIpc) is 3.11. The zero-order valence-corrected chi connectivity index (χ0v) is 15.2. The number of nitrogens with zero attached hydrogens (tertiary/aromatic N) is 3. The minimum atomic E-state index is -0.989. The Balaban J connectivity index is 1.75. The van der Waals surface area contributed by atoms with Gasteiger partial charge in [-0.25, -0.2) is 9.37 Å². The van der Waals surface area contributed by atoms with Gasteiger partial charge in [0, 0.05) is 11.6 Å². The Morgan fingerprint density at radius 2 is 2.00 bits per heavy atom. The summed E-state index contributed by atoms with van der Waals surface area (Å²) in [5.74, 6) is -0.276. The molecule has 7 heteroatoms. The van der Waals surface area contributed by atoms with Crippen LogP contribution in [0.4, 0.5) is 4.39 Å². The highest BCUT2D eigenvalue weighted by molar-refractivity contribution is 6.30. The van der Waals surface area contributed by atoms with Crippen LogP contribution in [0.2, 0.25) is 5.02 Å². The summed E-state index contributed by atoms with van der Waals surface area (Å²) >= 11 is 5.96. The number of hydrogen-bond donors (Lipinski definition) is 0. The Hall–Kier alpha value is -2.73. The largest absolute Gasteiger partial charge is 0.338 e. The third-order valence-corrected chi connectivity index (χ3v) is 5.05. The van der Waals surface area contributed by atoms with E-state index in [-0.39, 0.29) is 24.6 Å². The topological polar surface area (TPSA) is 55.2 Å². The molecule has 0 bridgehead atoms. The summed E-state index contributed by atoms with van der Waals surface area (Å²) < 4.78 is 14.6. The quantitative estimate of drug-likeness (QED) is 0.695. The van der Waals surface area contributed by atoms with Gasteiger partial charge >= 0.3 is 0 Å². The van der Waals surface area contributed by atoms with E-state index in [1.165, 1.54) is 15.8 Å². The molecule has 1 amide bonds. The van der Waals surface area contributed by atoms with Crippen LogP contribution in [0.15, 0.2) is 53.6 Å². The van der Waals surface area contributed by atoms with E-state index in [0.29, 0.717) is 28.9 Å². The summed E-state index contributed by atoms with van der Waals surface area (Å²) in [5.41, 5.74) is 1.83. The van der Waals surface area contributed by atoms with Crippen molar-refractivity contribution in [3.63, 3.8) is 0 Å². The van der Waals surface area contributed by atoms with Gasteiger partial charge < -0.3 is 4.90 Å². The number of carbonyl (C=O) groups is 1. The molecule has 2 aromatic carbocycles. The zero-order valence-electron chi connectivity index (χ0n) is 14.4. The first kappa shape index (κ1) is 17.7. The van der Waals surface area contributed by atoms with Crippen LogP contribution in [0.5, 0.6) is 0 Å². The first-order valence-electron chi connectivity index (χ1n) is 8.69. The van der Waals surface area contributed by atoms with Crippen molar-refractivity contribution in [2.75, 3.05) is 13.1 Å². The Kier molecular flexibility index (Phi) is 4.66. The van der Waals surface area contributed by atoms with Crippen molar-refractivity contribution in [3.05, 3.63) is 64.2 Å². The monoisotopic (exact) mass is 385 g/mol. The van der Waals surface area contributed by atoms with Gasteiger partial charge in [0.05, 0.1) is 23.8 Å². The predicted molar refractivity (Wildman–Crippen MR) is 103 cm³/mol. The van der Waals surface area contributed by atoms with E-state index >= 15 is 0 Å². The number of benzene rings is 2. The van der Waals surface area contributed by atoms with Gasteiger partial charge in [-0.1, -0.05) is 35.9 Å². The maximum absolute atomic E-state index is 13.3.